The van der Waals surface area contributed by atoms with E-state index in [4.69, 9.17) is 4.74 Å². The van der Waals surface area contributed by atoms with Crippen molar-refractivity contribution in [1.82, 2.24) is 10.3 Å². The van der Waals surface area contributed by atoms with Crippen LogP contribution in [0.4, 0.5) is 22.0 Å². The number of benzene rings is 1. The lowest BCUT2D eigenvalue weighted by Crippen LogP contribution is -2.34. The Balaban J connectivity index is 1.92. The van der Waals surface area contributed by atoms with Gasteiger partial charge in [-0.2, -0.15) is 0 Å². The first-order valence-electron chi connectivity index (χ1n) is 6.79. The standard InChI is InChI=1S/C15H16N4O2/c1-2-21-13-6-4-3-5-12(13)18-11-7-8-16-14-10(11)9-17-15(20)19-14/h3-8H,2,9H2,1H3,(H3,16,17,18,19,20). The van der Waals surface area contributed by atoms with Gasteiger partial charge in [-0.1, -0.05) is 12.1 Å². The molecule has 0 unspecified atom stereocenters. The predicted molar refractivity (Wildman–Crippen MR) is 81.0 cm³/mol. The third-order valence-corrected chi connectivity index (χ3v) is 3.17. The molecule has 6 heteroatoms. The lowest BCUT2D eigenvalue weighted by molar-refractivity contribution is 0.250. The van der Waals surface area contributed by atoms with Gasteiger partial charge in [0.05, 0.1) is 18.8 Å². The minimum absolute atomic E-state index is 0.234. The monoisotopic (exact) mass is 284 g/mol. The van der Waals surface area contributed by atoms with E-state index in [1.54, 1.807) is 6.20 Å². The smallest absolute Gasteiger partial charge is 0.320 e. The van der Waals surface area contributed by atoms with Crippen molar-refractivity contribution >= 4 is 23.2 Å². The van der Waals surface area contributed by atoms with Crippen LogP contribution in [0.1, 0.15) is 12.5 Å². The van der Waals surface area contributed by atoms with Crippen LogP contribution in [0.25, 0.3) is 0 Å². The summed E-state index contributed by atoms with van der Waals surface area (Å²) in [5, 5.41) is 8.78. The van der Waals surface area contributed by atoms with Crippen molar-refractivity contribution in [3.05, 3.63) is 42.1 Å². The highest BCUT2D eigenvalue weighted by atomic mass is 16.5. The van der Waals surface area contributed by atoms with Crippen LogP contribution in [0.2, 0.25) is 0 Å². The number of rotatable bonds is 4. The zero-order valence-electron chi connectivity index (χ0n) is 11.6. The van der Waals surface area contributed by atoms with Crippen molar-refractivity contribution in [3.63, 3.8) is 0 Å². The van der Waals surface area contributed by atoms with Crippen molar-refractivity contribution in [2.45, 2.75) is 13.5 Å². The number of carbonyl (C=O) groups excluding carboxylic acids is 1. The van der Waals surface area contributed by atoms with E-state index in [-0.39, 0.29) is 6.03 Å². The molecule has 0 fully saturated rings. The quantitative estimate of drug-likeness (QED) is 0.807. The summed E-state index contributed by atoms with van der Waals surface area (Å²) in [6.45, 7) is 2.99. The Morgan fingerprint density at radius 1 is 1.29 bits per heavy atom. The SMILES string of the molecule is CCOc1ccccc1Nc1ccnc2c1CNC(=O)N2. The van der Waals surface area contributed by atoms with Gasteiger partial charge < -0.3 is 15.4 Å². The summed E-state index contributed by atoms with van der Waals surface area (Å²) in [5.74, 6) is 1.37. The molecule has 0 saturated heterocycles. The number of ether oxygens (including phenoxy) is 1. The molecule has 3 rings (SSSR count). The fraction of sp³-hybridized carbons (Fsp3) is 0.200. The largest absolute Gasteiger partial charge is 0.492 e. The first kappa shape index (κ1) is 13.2. The molecule has 2 amide bonds. The number of pyridine rings is 1. The number of anilines is 3. The van der Waals surface area contributed by atoms with Crippen LogP contribution >= 0.6 is 0 Å². The number of nitrogens with zero attached hydrogens (tertiary/aromatic N) is 1. The second-order valence-corrected chi connectivity index (χ2v) is 4.55. The number of hydrogen-bond donors (Lipinski definition) is 3. The van der Waals surface area contributed by atoms with Crippen molar-refractivity contribution in [2.75, 3.05) is 17.2 Å². The number of hydrogen-bond acceptors (Lipinski definition) is 4. The first-order chi connectivity index (χ1) is 10.3. The second-order valence-electron chi connectivity index (χ2n) is 4.55. The molecule has 6 nitrogen and oxygen atoms in total. The molecule has 21 heavy (non-hydrogen) atoms. The minimum Gasteiger partial charge on any atom is -0.492 e. The molecule has 1 aromatic carbocycles. The van der Waals surface area contributed by atoms with Gasteiger partial charge in [0.1, 0.15) is 11.6 Å². The fourth-order valence-corrected chi connectivity index (χ4v) is 2.21. The number of para-hydroxylation sites is 2. The summed E-state index contributed by atoms with van der Waals surface area (Å²) in [6.07, 6.45) is 1.66. The van der Waals surface area contributed by atoms with Crippen molar-refractivity contribution in [3.8, 4) is 5.75 Å². The highest BCUT2D eigenvalue weighted by Gasteiger charge is 2.18. The van der Waals surface area contributed by atoms with Crippen LogP contribution in [-0.2, 0) is 6.54 Å². The third kappa shape index (κ3) is 2.74. The lowest BCUT2D eigenvalue weighted by atomic mass is 10.1. The van der Waals surface area contributed by atoms with Gasteiger partial charge in [-0.15, -0.1) is 0 Å². The maximum absolute atomic E-state index is 11.3. The average molecular weight is 284 g/mol. The molecule has 1 aromatic heterocycles. The molecule has 0 aliphatic carbocycles. The summed E-state index contributed by atoms with van der Waals surface area (Å²) in [4.78, 5) is 15.5. The third-order valence-electron chi connectivity index (χ3n) is 3.17. The van der Waals surface area contributed by atoms with Crippen LogP contribution in [0.3, 0.4) is 0 Å². The molecule has 1 aliphatic heterocycles. The first-order valence-corrected chi connectivity index (χ1v) is 6.79. The van der Waals surface area contributed by atoms with Crippen LogP contribution in [0.15, 0.2) is 36.5 Å². The molecular weight excluding hydrogens is 268 g/mol. The van der Waals surface area contributed by atoms with E-state index in [9.17, 15) is 4.79 Å². The molecule has 3 N–H and O–H groups in total. The number of urea groups is 1. The second kappa shape index (κ2) is 5.70. The van der Waals surface area contributed by atoms with E-state index in [1.165, 1.54) is 0 Å². The maximum atomic E-state index is 11.3. The van der Waals surface area contributed by atoms with Gasteiger partial charge in [0.25, 0.3) is 0 Å². The molecular formula is C15H16N4O2. The van der Waals surface area contributed by atoms with E-state index in [2.05, 4.69) is 20.9 Å². The predicted octanol–water partition coefficient (Wildman–Crippen LogP) is 2.86. The Bertz CT molecular complexity index is 672. The zero-order valence-corrected chi connectivity index (χ0v) is 11.6. The number of carbonyl (C=O) groups is 1. The Kier molecular flexibility index (Phi) is 3.59. The number of aromatic nitrogens is 1. The highest BCUT2D eigenvalue weighted by Crippen LogP contribution is 2.31. The number of nitrogens with one attached hydrogen (secondary N) is 3. The lowest BCUT2D eigenvalue weighted by Gasteiger charge is -2.21. The van der Waals surface area contributed by atoms with Crippen LogP contribution in [0, 0.1) is 0 Å². The maximum Gasteiger partial charge on any atom is 0.320 e. The van der Waals surface area contributed by atoms with Crippen molar-refractivity contribution in [2.24, 2.45) is 0 Å². The molecule has 0 atom stereocenters. The topological polar surface area (TPSA) is 75.3 Å². The molecule has 0 spiro atoms. The van der Waals surface area contributed by atoms with Gasteiger partial charge in [-0.3, -0.25) is 5.32 Å². The highest BCUT2D eigenvalue weighted by molar-refractivity contribution is 5.92. The van der Waals surface area contributed by atoms with Crippen molar-refractivity contribution in [1.29, 1.82) is 0 Å². The van der Waals surface area contributed by atoms with Gasteiger partial charge in [0, 0.05) is 17.4 Å². The van der Waals surface area contributed by atoms with Crippen LogP contribution in [0.5, 0.6) is 5.75 Å². The van der Waals surface area contributed by atoms with E-state index in [0.717, 1.165) is 22.7 Å². The fourth-order valence-electron chi connectivity index (χ4n) is 2.21. The summed E-state index contributed by atoms with van der Waals surface area (Å²) < 4.78 is 5.61. The average Bonchev–Trinajstić information content (AvgIpc) is 2.49. The molecule has 2 heterocycles. The van der Waals surface area contributed by atoms with Gasteiger partial charge >= 0.3 is 6.03 Å². The van der Waals surface area contributed by atoms with Crippen LogP contribution in [-0.4, -0.2) is 17.6 Å². The van der Waals surface area contributed by atoms with Crippen molar-refractivity contribution < 1.29 is 9.53 Å². The summed E-state index contributed by atoms with van der Waals surface area (Å²) >= 11 is 0. The number of amides is 2. The summed E-state index contributed by atoms with van der Waals surface area (Å²) in [5.41, 5.74) is 2.69. The van der Waals surface area contributed by atoms with E-state index >= 15 is 0 Å². The molecule has 2 aromatic rings. The zero-order chi connectivity index (χ0) is 14.7. The Morgan fingerprint density at radius 3 is 3.00 bits per heavy atom. The molecule has 108 valence electrons. The molecule has 1 aliphatic rings. The van der Waals surface area contributed by atoms with Gasteiger partial charge in [-0.25, -0.2) is 9.78 Å². The van der Waals surface area contributed by atoms with Crippen LogP contribution < -0.4 is 20.7 Å². The van der Waals surface area contributed by atoms with E-state index in [1.807, 2.05) is 37.3 Å². The molecule has 0 saturated carbocycles. The Hall–Kier alpha value is -2.76. The van der Waals surface area contributed by atoms with Gasteiger partial charge in [0.2, 0.25) is 0 Å². The minimum atomic E-state index is -0.234. The molecule has 0 bridgehead atoms. The Labute approximate surface area is 122 Å². The Morgan fingerprint density at radius 2 is 2.14 bits per heavy atom. The summed E-state index contributed by atoms with van der Waals surface area (Å²) in [6, 6.07) is 9.38. The normalized spacial score (nSPS) is 12.9. The summed E-state index contributed by atoms with van der Waals surface area (Å²) in [7, 11) is 0. The van der Waals surface area contributed by atoms with E-state index in [0.29, 0.717) is 19.0 Å². The number of fused-ring (bicyclic) bond motifs is 1. The van der Waals surface area contributed by atoms with Gasteiger partial charge in [-0.05, 0) is 25.1 Å². The molecule has 0 radical (unpaired) electrons. The van der Waals surface area contributed by atoms with Gasteiger partial charge in [0.15, 0.2) is 0 Å². The van der Waals surface area contributed by atoms with E-state index < -0.39 is 0 Å².